The maximum atomic E-state index is 14.0. The lowest BCUT2D eigenvalue weighted by molar-refractivity contribution is -0.137. The third-order valence-corrected chi connectivity index (χ3v) is 9.23. The van der Waals surface area contributed by atoms with Crippen LogP contribution in [0.3, 0.4) is 0 Å². The zero-order valence-corrected chi connectivity index (χ0v) is 25.9. The zero-order chi connectivity index (χ0) is 32.3. The number of fused-ring (bicyclic) bond motifs is 1. The van der Waals surface area contributed by atoms with E-state index in [0.717, 1.165) is 39.8 Å². The molecule has 8 nitrogen and oxygen atoms in total. The number of benzene rings is 3. The van der Waals surface area contributed by atoms with Gasteiger partial charge in [0.25, 0.3) is 5.91 Å². The van der Waals surface area contributed by atoms with Crippen molar-refractivity contribution < 1.29 is 22.8 Å². The molecule has 0 bridgehead atoms. The minimum atomic E-state index is -4.44. The van der Waals surface area contributed by atoms with Gasteiger partial charge < -0.3 is 21.3 Å². The van der Waals surface area contributed by atoms with Crippen molar-refractivity contribution in [2.75, 3.05) is 19.6 Å². The number of piperazine rings is 1. The van der Waals surface area contributed by atoms with Crippen molar-refractivity contribution >= 4 is 39.9 Å². The van der Waals surface area contributed by atoms with Crippen molar-refractivity contribution in [3.05, 3.63) is 88.4 Å². The van der Waals surface area contributed by atoms with Crippen LogP contribution in [0.4, 0.5) is 13.2 Å². The highest BCUT2D eigenvalue weighted by molar-refractivity contribution is 7.17. The molecule has 4 N–H and O–H groups in total. The summed E-state index contributed by atoms with van der Waals surface area (Å²) in [5.74, 6) is -0.246. The van der Waals surface area contributed by atoms with Gasteiger partial charge in [-0.1, -0.05) is 54.6 Å². The monoisotopic (exact) mass is 636 g/mol. The SMILES string of the molecule is Cc1nc(-c2ccc(C(F)(F)F)cc2)sc1C(=O)N1CC(C)N(C(=O)Cc2ccc3ccccc3c2)CC1CCCN=C(N)N. The summed E-state index contributed by atoms with van der Waals surface area (Å²) in [4.78, 5) is 40.3. The number of halogens is 3. The molecule has 3 aromatic carbocycles. The van der Waals surface area contributed by atoms with Gasteiger partial charge in [0.2, 0.25) is 5.91 Å². The van der Waals surface area contributed by atoms with E-state index in [9.17, 15) is 22.8 Å². The lowest BCUT2D eigenvalue weighted by Crippen LogP contribution is -2.60. The number of hydrogen-bond acceptors (Lipinski definition) is 5. The molecule has 2 amide bonds. The van der Waals surface area contributed by atoms with E-state index in [4.69, 9.17) is 11.5 Å². The van der Waals surface area contributed by atoms with Gasteiger partial charge in [0.05, 0.1) is 17.7 Å². The Hall–Kier alpha value is -4.45. The first-order valence-electron chi connectivity index (χ1n) is 14.7. The summed E-state index contributed by atoms with van der Waals surface area (Å²) in [5, 5.41) is 2.64. The van der Waals surface area contributed by atoms with E-state index < -0.39 is 11.7 Å². The molecule has 1 fully saturated rings. The molecule has 4 aromatic rings. The van der Waals surface area contributed by atoms with Crippen LogP contribution in [-0.4, -0.2) is 64.3 Å². The molecule has 2 unspecified atom stereocenters. The second-order valence-corrected chi connectivity index (χ2v) is 12.3. The Labute approximate surface area is 263 Å². The quantitative estimate of drug-likeness (QED) is 0.148. The summed E-state index contributed by atoms with van der Waals surface area (Å²) in [6, 6.07) is 18.2. The number of aromatic nitrogens is 1. The largest absolute Gasteiger partial charge is 0.416 e. The van der Waals surface area contributed by atoms with Crippen molar-refractivity contribution in [3.63, 3.8) is 0 Å². The number of nitrogens with two attached hydrogens (primary N) is 2. The predicted octanol–water partition coefficient (Wildman–Crippen LogP) is 5.63. The smallest absolute Gasteiger partial charge is 0.370 e. The van der Waals surface area contributed by atoms with Gasteiger partial charge in [0.1, 0.15) is 9.88 Å². The first-order chi connectivity index (χ1) is 21.4. The third kappa shape index (κ3) is 7.44. The van der Waals surface area contributed by atoms with Gasteiger partial charge in [-0.2, -0.15) is 13.2 Å². The number of aryl methyl sites for hydroxylation is 1. The molecule has 5 rings (SSSR count). The Morgan fingerprint density at radius 3 is 2.40 bits per heavy atom. The van der Waals surface area contributed by atoms with Crippen LogP contribution in [-0.2, 0) is 17.4 Å². The summed E-state index contributed by atoms with van der Waals surface area (Å²) < 4.78 is 39.2. The fourth-order valence-electron chi connectivity index (χ4n) is 5.69. The van der Waals surface area contributed by atoms with Crippen LogP contribution >= 0.6 is 11.3 Å². The molecular formula is C33H35F3N6O2S. The van der Waals surface area contributed by atoms with E-state index in [1.165, 1.54) is 12.1 Å². The maximum absolute atomic E-state index is 14.0. The summed E-state index contributed by atoms with van der Waals surface area (Å²) in [6.07, 6.45) is -3.02. The van der Waals surface area contributed by atoms with Crippen molar-refractivity contribution in [1.82, 2.24) is 14.8 Å². The molecule has 0 spiro atoms. The van der Waals surface area contributed by atoms with E-state index in [2.05, 4.69) is 9.98 Å². The van der Waals surface area contributed by atoms with Crippen molar-refractivity contribution in [1.29, 1.82) is 0 Å². The molecule has 1 aliphatic rings. The van der Waals surface area contributed by atoms with E-state index in [1.807, 2.05) is 54.3 Å². The molecule has 1 aromatic heterocycles. The summed E-state index contributed by atoms with van der Waals surface area (Å²) >= 11 is 1.15. The Kier molecular flexibility index (Phi) is 9.42. The first-order valence-corrected chi connectivity index (χ1v) is 15.5. The van der Waals surface area contributed by atoms with Crippen LogP contribution in [0.1, 0.15) is 46.3 Å². The molecule has 0 saturated carbocycles. The lowest BCUT2D eigenvalue weighted by Gasteiger charge is -2.45. The summed E-state index contributed by atoms with van der Waals surface area (Å²) in [6.45, 7) is 4.71. The van der Waals surface area contributed by atoms with Gasteiger partial charge in [-0.05, 0) is 55.2 Å². The van der Waals surface area contributed by atoms with E-state index >= 15 is 0 Å². The van der Waals surface area contributed by atoms with Gasteiger partial charge in [-0.15, -0.1) is 11.3 Å². The molecule has 1 saturated heterocycles. The standard InChI is InChI=1S/C33H35F3N6O2S/c1-20-18-42(31(44)29-21(2)40-30(45-29)24-11-13-26(14-12-24)33(34,35)36)27(8-5-15-39-32(37)38)19-41(20)28(43)17-22-9-10-23-6-3-4-7-25(23)16-22/h3-4,6-7,9-14,16,20,27H,5,8,15,17-19H2,1-2H3,(H4,37,38,39). The minimum Gasteiger partial charge on any atom is -0.370 e. The number of rotatable bonds is 8. The molecule has 2 heterocycles. The summed E-state index contributed by atoms with van der Waals surface area (Å²) in [7, 11) is 0. The molecule has 0 radical (unpaired) electrons. The molecular weight excluding hydrogens is 601 g/mol. The fourth-order valence-corrected chi connectivity index (χ4v) is 6.72. The highest BCUT2D eigenvalue weighted by Gasteiger charge is 2.38. The molecule has 0 aliphatic carbocycles. The number of carbonyl (C=O) groups excluding carboxylic acids is 2. The Balaban J connectivity index is 1.35. The Morgan fingerprint density at radius 2 is 1.71 bits per heavy atom. The number of nitrogens with zero attached hydrogens (tertiary/aromatic N) is 4. The Morgan fingerprint density at radius 1 is 1.00 bits per heavy atom. The molecule has 12 heteroatoms. The van der Waals surface area contributed by atoms with Crippen LogP contribution in [0.25, 0.3) is 21.3 Å². The number of carbonyl (C=O) groups is 2. The van der Waals surface area contributed by atoms with E-state index in [1.54, 1.807) is 11.8 Å². The topological polar surface area (TPSA) is 118 Å². The first kappa shape index (κ1) is 32.0. The maximum Gasteiger partial charge on any atom is 0.416 e. The van der Waals surface area contributed by atoms with E-state index in [0.29, 0.717) is 53.6 Å². The molecule has 1 aliphatic heterocycles. The van der Waals surface area contributed by atoms with Crippen LogP contribution in [0.2, 0.25) is 0 Å². The second-order valence-electron chi connectivity index (χ2n) is 11.3. The average molecular weight is 637 g/mol. The predicted molar refractivity (Wildman–Crippen MR) is 171 cm³/mol. The summed E-state index contributed by atoms with van der Waals surface area (Å²) in [5.41, 5.74) is 12.2. The van der Waals surface area contributed by atoms with Gasteiger partial charge in [-0.3, -0.25) is 14.6 Å². The Bertz CT molecular complexity index is 1720. The lowest BCUT2D eigenvalue weighted by atomic mass is 10.00. The molecule has 2 atom stereocenters. The normalized spacial score (nSPS) is 17.0. The molecule has 236 valence electrons. The average Bonchev–Trinajstić information content (AvgIpc) is 3.40. The molecule has 45 heavy (non-hydrogen) atoms. The van der Waals surface area contributed by atoms with Gasteiger partial charge in [-0.25, -0.2) is 4.98 Å². The number of alkyl halides is 3. The number of guanidine groups is 1. The minimum absolute atomic E-state index is 0.0107. The number of aliphatic imine (C=N–C) groups is 1. The van der Waals surface area contributed by atoms with Crippen molar-refractivity contribution in [2.45, 2.75) is 51.4 Å². The van der Waals surface area contributed by atoms with Crippen LogP contribution in [0.5, 0.6) is 0 Å². The van der Waals surface area contributed by atoms with Gasteiger partial charge in [0.15, 0.2) is 5.96 Å². The highest BCUT2D eigenvalue weighted by Crippen LogP contribution is 2.34. The van der Waals surface area contributed by atoms with Crippen LogP contribution < -0.4 is 11.5 Å². The second kappa shape index (κ2) is 13.3. The third-order valence-electron chi connectivity index (χ3n) is 8.03. The fraction of sp³-hybridized carbons (Fsp3) is 0.333. The van der Waals surface area contributed by atoms with Crippen molar-refractivity contribution in [2.24, 2.45) is 16.5 Å². The van der Waals surface area contributed by atoms with Crippen LogP contribution in [0.15, 0.2) is 71.7 Å². The van der Waals surface area contributed by atoms with Crippen LogP contribution in [0, 0.1) is 6.92 Å². The van der Waals surface area contributed by atoms with Crippen molar-refractivity contribution in [3.8, 4) is 10.6 Å². The zero-order valence-electron chi connectivity index (χ0n) is 25.1. The van der Waals surface area contributed by atoms with Gasteiger partial charge in [0, 0.05) is 37.3 Å². The number of amides is 2. The number of thiazole rings is 1. The highest BCUT2D eigenvalue weighted by atomic mass is 32.1. The van der Waals surface area contributed by atoms with E-state index in [-0.39, 0.29) is 36.3 Å². The number of hydrogen-bond donors (Lipinski definition) is 2. The van der Waals surface area contributed by atoms with Gasteiger partial charge >= 0.3 is 6.18 Å².